The molecule has 0 saturated carbocycles. The molecule has 0 aromatic carbocycles. The summed E-state index contributed by atoms with van der Waals surface area (Å²) in [5.74, 6) is -2.61. The molecule has 1 radical (unpaired) electrons. The van der Waals surface area contributed by atoms with Gasteiger partial charge in [-0.2, -0.15) is 0 Å². The molecule has 5 heterocycles. The fraction of sp³-hybridized carbons (Fsp3) is 0.381. The van der Waals surface area contributed by atoms with Crippen LogP contribution in [0.2, 0.25) is 0 Å². The van der Waals surface area contributed by atoms with Gasteiger partial charge in [-0.3, -0.25) is 0 Å². The molecule has 0 atom stereocenters. The van der Waals surface area contributed by atoms with Crippen LogP contribution in [0.25, 0.3) is 56.5 Å². The maximum absolute atomic E-state index is 11.9. The smallest absolute Gasteiger partial charge is 0.545 e. The number of aliphatic carboxylic acids is 2. The van der Waals surface area contributed by atoms with Crippen LogP contribution in [0.15, 0.2) is 24.3 Å². The summed E-state index contributed by atoms with van der Waals surface area (Å²) in [6.07, 6.45) is 11.1. The van der Waals surface area contributed by atoms with E-state index < -0.39 is 11.9 Å². The van der Waals surface area contributed by atoms with Crippen molar-refractivity contribution in [1.29, 1.82) is 0 Å². The Morgan fingerprint density at radius 3 is 1.45 bits per heavy atom. The fourth-order valence-corrected chi connectivity index (χ4v) is 7.97. The monoisotopic (exact) mass is 735 g/mol. The van der Waals surface area contributed by atoms with Crippen LogP contribution < -0.4 is 10.2 Å². The minimum absolute atomic E-state index is 0. The maximum atomic E-state index is 11.9. The molecule has 0 aliphatic carbocycles. The summed E-state index contributed by atoms with van der Waals surface area (Å²) in [6, 6.07) is 4.35. The summed E-state index contributed by atoms with van der Waals surface area (Å²) in [5.41, 5.74) is 16.8. The molecular formula is C42H48CuN4O4. The Kier molecular flexibility index (Phi) is 12.9. The van der Waals surface area contributed by atoms with Crippen LogP contribution in [-0.4, -0.2) is 31.9 Å². The number of carbonyl (C=O) groups excluding carboxylic acids is 2. The van der Waals surface area contributed by atoms with Gasteiger partial charge in [0.1, 0.15) is 0 Å². The van der Waals surface area contributed by atoms with Gasteiger partial charge in [0.15, 0.2) is 0 Å². The molecule has 0 saturated heterocycles. The third-order valence-electron chi connectivity index (χ3n) is 10.1. The first-order valence-electron chi connectivity index (χ1n) is 18.2. The second kappa shape index (κ2) is 16.7. The molecule has 0 amide bonds. The van der Waals surface area contributed by atoms with Crippen LogP contribution >= 0.6 is 0 Å². The SMILES string of the molecule is CCC1=C(CC)c2nc1cc1[nH]c(cc3[nH]c(c(/C=C/C(=O)[O-])c4nc(c2/C=C/C(=O)[O-])C(CC)=C4CC)c(CC)c3CC)c(CC)c1CC.[Cu+2]. The number of hydrogen-bond acceptors (Lipinski definition) is 6. The number of carboxylic acid groups (broad SMARTS) is 2. The number of aromatic nitrogens is 4. The van der Waals surface area contributed by atoms with Gasteiger partial charge in [0.2, 0.25) is 0 Å². The Labute approximate surface area is 311 Å². The second-order valence-electron chi connectivity index (χ2n) is 12.6. The molecule has 3 aromatic rings. The quantitative estimate of drug-likeness (QED) is 0.146. The number of nitrogens with zero attached hydrogens (tertiary/aromatic N) is 2. The average molecular weight is 736 g/mol. The second-order valence-corrected chi connectivity index (χ2v) is 12.6. The summed E-state index contributed by atoms with van der Waals surface area (Å²) >= 11 is 0. The van der Waals surface area contributed by atoms with Crippen molar-refractivity contribution < 1.29 is 36.9 Å². The van der Waals surface area contributed by atoms with Crippen molar-refractivity contribution in [1.82, 2.24) is 19.9 Å². The number of allylic oxidation sites excluding steroid dienone is 4. The van der Waals surface area contributed by atoms with Crippen LogP contribution in [0, 0.1) is 0 Å². The molecule has 5 rings (SSSR count). The van der Waals surface area contributed by atoms with Gasteiger partial charge in [0.25, 0.3) is 0 Å². The van der Waals surface area contributed by atoms with E-state index in [-0.39, 0.29) is 17.1 Å². The van der Waals surface area contributed by atoms with Gasteiger partial charge in [-0.1, -0.05) is 55.4 Å². The molecule has 0 spiro atoms. The average Bonchev–Trinajstić information content (AvgIpc) is 3.84. The number of rotatable bonds is 12. The van der Waals surface area contributed by atoms with E-state index in [0.717, 1.165) is 99.9 Å². The third-order valence-corrected chi connectivity index (χ3v) is 10.1. The third kappa shape index (κ3) is 7.19. The van der Waals surface area contributed by atoms with Crippen LogP contribution in [0.3, 0.4) is 0 Å². The van der Waals surface area contributed by atoms with E-state index in [2.05, 4.69) is 77.5 Å². The predicted octanol–water partition coefficient (Wildman–Crippen LogP) is 7.55. The van der Waals surface area contributed by atoms with E-state index in [1.54, 1.807) is 12.2 Å². The number of H-pyrrole nitrogens is 2. The zero-order valence-electron chi connectivity index (χ0n) is 30.9. The minimum atomic E-state index is -1.31. The molecule has 271 valence electrons. The van der Waals surface area contributed by atoms with Gasteiger partial charge in [-0.25, -0.2) is 9.97 Å². The van der Waals surface area contributed by atoms with Crippen molar-refractivity contribution in [2.24, 2.45) is 0 Å². The summed E-state index contributed by atoms with van der Waals surface area (Å²) in [4.78, 5) is 41.9. The molecule has 2 aliphatic rings. The van der Waals surface area contributed by atoms with E-state index in [4.69, 9.17) is 9.97 Å². The molecule has 9 heteroatoms. The van der Waals surface area contributed by atoms with Crippen molar-refractivity contribution in [3.63, 3.8) is 0 Å². The topological polar surface area (TPSA) is 138 Å². The van der Waals surface area contributed by atoms with E-state index in [0.29, 0.717) is 47.5 Å². The summed E-state index contributed by atoms with van der Waals surface area (Å²) in [6.45, 7) is 16.9. The van der Waals surface area contributed by atoms with Crippen molar-refractivity contribution in [3.05, 3.63) is 80.4 Å². The van der Waals surface area contributed by atoms with Crippen LogP contribution in [0.1, 0.15) is 137 Å². The fourth-order valence-electron chi connectivity index (χ4n) is 7.97. The van der Waals surface area contributed by atoms with Crippen LogP contribution in [0.4, 0.5) is 0 Å². The summed E-state index contributed by atoms with van der Waals surface area (Å²) < 4.78 is 0. The Morgan fingerprint density at radius 1 is 0.549 bits per heavy atom. The largest absolute Gasteiger partial charge is 2.00 e. The van der Waals surface area contributed by atoms with E-state index in [1.807, 2.05) is 0 Å². The van der Waals surface area contributed by atoms with E-state index >= 15 is 0 Å². The Morgan fingerprint density at radius 2 is 0.961 bits per heavy atom. The zero-order valence-corrected chi connectivity index (χ0v) is 31.9. The zero-order chi connectivity index (χ0) is 36.3. The summed E-state index contributed by atoms with van der Waals surface area (Å²) in [5, 5.41) is 23.8. The Bertz CT molecular complexity index is 2160. The summed E-state index contributed by atoms with van der Waals surface area (Å²) in [7, 11) is 0. The molecular weight excluding hydrogens is 688 g/mol. The number of carboxylic acids is 2. The van der Waals surface area contributed by atoms with Gasteiger partial charge in [-0.15, -0.1) is 0 Å². The molecule has 0 fully saturated rings. The number of fused-ring (bicyclic) bond motifs is 8. The molecule has 0 unspecified atom stereocenters. The normalized spacial score (nSPS) is 13.2. The Balaban J connectivity index is 0.00000583. The standard InChI is InChI=1S/C42H50N4O4.Cu/c1-9-23-24(10-2)34-22-36-26(12-4)28(14-6)40(45-36)32(18-20-38(49)50)42-30(16-8)29(15-7)41(46-42)31(17-19-37(47)48)39-27(13-5)25(11-3)35(44-39)21-33(23)43-34;/h17-22,43-44H,9-16H2,1-8H3,(H,47,48)(H,49,50);/q;+2/p-2/b19-17+,20-18+,33-21?,34-22?,35-21?,36-22?,39-31?,40-32?,41-31?,42-32?;. The molecule has 3 aromatic heterocycles. The van der Waals surface area contributed by atoms with Crippen molar-refractivity contribution in [2.45, 2.75) is 107 Å². The molecule has 2 aliphatic heterocycles. The van der Waals surface area contributed by atoms with Gasteiger partial charge < -0.3 is 29.8 Å². The number of carbonyl (C=O) groups is 2. The minimum Gasteiger partial charge on any atom is -0.545 e. The molecule has 8 nitrogen and oxygen atoms in total. The number of aryl methyl sites for hydroxylation is 4. The van der Waals surface area contributed by atoms with Gasteiger partial charge in [0, 0.05) is 27.7 Å². The van der Waals surface area contributed by atoms with Crippen LogP contribution in [0.5, 0.6) is 0 Å². The van der Waals surface area contributed by atoms with E-state index in [9.17, 15) is 19.8 Å². The van der Waals surface area contributed by atoms with Gasteiger partial charge >= 0.3 is 17.1 Å². The first-order chi connectivity index (χ1) is 24.1. The van der Waals surface area contributed by atoms with Crippen molar-refractivity contribution in [2.75, 3.05) is 0 Å². The predicted molar refractivity (Wildman–Crippen MR) is 201 cm³/mol. The number of nitrogens with one attached hydrogen (secondary N) is 2. The molecule has 51 heavy (non-hydrogen) atoms. The van der Waals surface area contributed by atoms with Crippen molar-refractivity contribution >= 4 is 68.4 Å². The van der Waals surface area contributed by atoms with Crippen LogP contribution in [-0.2, 0) is 52.3 Å². The van der Waals surface area contributed by atoms with Gasteiger partial charge in [0.05, 0.1) is 40.2 Å². The Hall–Kier alpha value is -4.46. The van der Waals surface area contributed by atoms with E-state index in [1.165, 1.54) is 16.7 Å². The number of hydrogen-bond donors (Lipinski definition) is 2. The molecule has 2 N–H and O–H groups in total. The molecule has 8 bridgehead atoms. The van der Waals surface area contributed by atoms with Gasteiger partial charge in [-0.05, 0) is 132 Å². The first-order valence-corrected chi connectivity index (χ1v) is 18.2. The first kappa shape index (κ1) is 39.3. The maximum Gasteiger partial charge on any atom is 2.00 e. The number of aromatic amines is 2. The van der Waals surface area contributed by atoms with Crippen molar-refractivity contribution in [3.8, 4) is 0 Å².